The average Bonchev–Trinajstić information content (AvgIpc) is 2.74. The predicted octanol–water partition coefficient (Wildman–Crippen LogP) is -1.43. The third-order valence-electron chi connectivity index (χ3n) is 4.94. The molecule has 9 nitrogen and oxygen atoms in total. The SMILES string of the molecule is O=C(O)CC[C@@H](NC(=O)CCCCCCCCCc1cccc(C(=O)[O-])c1)C(=O)NO.[Na+]. The molecule has 1 aromatic carbocycles. The Hall–Kier alpha value is -1.94. The first-order chi connectivity index (χ1) is 14.8. The number of carboxylic acids is 2. The molecule has 0 bridgehead atoms. The van der Waals surface area contributed by atoms with E-state index in [0.717, 1.165) is 50.5 Å². The van der Waals surface area contributed by atoms with Crippen LogP contribution in [0.1, 0.15) is 80.1 Å². The van der Waals surface area contributed by atoms with E-state index in [1.807, 2.05) is 6.07 Å². The van der Waals surface area contributed by atoms with Gasteiger partial charge in [-0.2, -0.15) is 0 Å². The maximum absolute atomic E-state index is 11.9. The molecule has 32 heavy (non-hydrogen) atoms. The number of nitrogens with one attached hydrogen (secondary N) is 2. The number of amides is 2. The monoisotopic (exact) mass is 458 g/mol. The molecule has 0 aliphatic rings. The van der Waals surface area contributed by atoms with Crippen LogP contribution < -0.4 is 45.5 Å². The molecule has 4 N–H and O–H groups in total. The van der Waals surface area contributed by atoms with Crippen LogP contribution >= 0.6 is 0 Å². The number of carboxylic acid groups (broad SMARTS) is 2. The largest absolute Gasteiger partial charge is 1.00 e. The Morgan fingerprint density at radius 3 is 2.16 bits per heavy atom. The minimum absolute atomic E-state index is 0. The predicted molar refractivity (Wildman–Crippen MR) is 110 cm³/mol. The molecule has 0 unspecified atom stereocenters. The zero-order chi connectivity index (χ0) is 23.1. The first-order valence-electron chi connectivity index (χ1n) is 10.6. The van der Waals surface area contributed by atoms with Crippen molar-refractivity contribution in [2.75, 3.05) is 0 Å². The third kappa shape index (κ3) is 13.5. The second-order valence-electron chi connectivity index (χ2n) is 7.49. The van der Waals surface area contributed by atoms with Crippen molar-refractivity contribution in [2.45, 2.75) is 76.7 Å². The van der Waals surface area contributed by atoms with Crippen LogP contribution in [0.3, 0.4) is 0 Å². The summed E-state index contributed by atoms with van der Waals surface area (Å²) in [5, 5.41) is 30.7. The average molecular weight is 458 g/mol. The molecular weight excluding hydrogens is 427 g/mol. The van der Waals surface area contributed by atoms with E-state index in [1.165, 1.54) is 11.5 Å². The molecular formula is C22H31N2NaO7. The number of aromatic carboxylic acids is 1. The van der Waals surface area contributed by atoms with Gasteiger partial charge >= 0.3 is 35.5 Å². The van der Waals surface area contributed by atoms with Gasteiger partial charge in [0.1, 0.15) is 6.04 Å². The molecule has 0 aliphatic heterocycles. The summed E-state index contributed by atoms with van der Waals surface area (Å²) in [7, 11) is 0. The molecule has 1 aromatic rings. The van der Waals surface area contributed by atoms with Gasteiger partial charge < -0.3 is 20.3 Å². The number of unbranched alkanes of at least 4 members (excludes halogenated alkanes) is 6. The molecule has 172 valence electrons. The number of carbonyl (C=O) groups excluding carboxylic acids is 3. The van der Waals surface area contributed by atoms with Gasteiger partial charge in [0, 0.05) is 12.8 Å². The van der Waals surface area contributed by atoms with Gasteiger partial charge in [0.25, 0.3) is 5.91 Å². The molecule has 1 rings (SSSR count). The van der Waals surface area contributed by atoms with Gasteiger partial charge in [-0.25, -0.2) is 5.48 Å². The number of aryl methyl sites for hydroxylation is 1. The van der Waals surface area contributed by atoms with E-state index in [1.54, 1.807) is 12.1 Å². The summed E-state index contributed by atoms with van der Waals surface area (Å²) in [6.07, 6.45) is 7.29. The summed E-state index contributed by atoms with van der Waals surface area (Å²) in [5.74, 6) is -3.43. The van der Waals surface area contributed by atoms with Gasteiger partial charge in [-0.3, -0.25) is 19.6 Å². The summed E-state index contributed by atoms with van der Waals surface area (Å²) in [4.78, 5) is 44.9. The summed E-state index contributed by atoms with van der Waals surface area (Å²) < 4.78 is 0. The Labute approximate surface area is 210 Å². The molecule has 0 aromatic heterocycles. The van der Waals surface area contributed by atoms with Crippen LogP contribution in [0.15, 0.2) is 24.3 Å². The van der Waals surface area contributed by atoms with Crippen molar-refractivity contribution in [3.8, 4) is 0 Å². The molecule has 2 amide bonds. The van der Waals surface area contributed by atoms with Crippen molar-refractivity contribution in [2.24, 2.45) is 0 Å². The summed E-state index contributed by atoms with van der Waals surface area (Å²) in [6.45, 7) is 0. The van der Waals surface area contributed by atoms with Gasteiger partial charge in [-0.05, 0) is 42.9 Å². The van der Waals surface area contributed by atoms with E-state index in [2.05, 4.69) is 5.32 Å². The number of rotatable bonds is 16. The molecule has 0 saturated heterocycles. The summed E-state index contributed by atoms with van der Waals surface area (Å²) >= 11 is 0. The van der Waals surface area contributed by atoms with Gasteiger partial charge in [-0.1, -0.05) is 50.3 Å². The third-order valence-corrected chi connectivity index (χ3v) is 4.94. The Bertz CT molecular complexity index is 743. The van der Waals surface area contributed by atoms with Crippen LogP contribution in [0, 0.1) is 0 Å². The van der Waals surface area contributed by atoms with Crippen LogP contribution in [-0.2, 0) is 20.8 Å². The molecule has 0 saturated carbocycles. The summed E-state index contributed by atoms with van der Waals surface area (Å²) in [5.41, 5.74) is 2.63. The zero-order valence-electron chi connectivity index (χ0n) is 18.6. The minimum Gasteiger partial charge on any atom is -0.545 e. The van der Waals surface area contributed by atoms with E-state index < -0.39 is 23.9 Å². The normalized spacial score (nSPS) is 11.2. The molecule has 0 fully saturated rings. The minimum atomic E-state index is -1.16. The van der Waals surface area contributed by atoms with Gasteiger partial charge in [0.15, 0.2) is 0 Å². The fraction of sp³-hybridized carbons (Fsp3) is 0.545. The van der Waals surface area contributed by atoms with Crippen molar-refractivity contribution >= 4 is 23.8 Å². The van der Waals surface area contributed by atoms with E-state index in [4.69, 9.17) is 10.3 Å². The van der Waals surface area contributed by atoms with E-state index in [9.17, 15) is 24.3 Å². The second-order valence-corrected chi connectivity index (χ2v) is 7.49. The molecule has 1 atom stereocenters. The van der Waals surface area contributed by atoms with Crippen LogP contribution in [0.2, 0.25) is 0 Å². The van der Waals surface area contributed by atoms with E-state index in [-0.39, 0.29) is 60.3 Å². The second kappa shape index (κ2) is 17.6. The van der Waals surface area contributed by atoms with Gasteiger partial charge in [-0.15, -0.1) is 0 Å². The van der Waals surface area contributed by atoms with Crippen molar-refractivity contribution < 1.29 is 64.2 Å². The van der Waals surface area contributed by atoms with Crippen LogP contribution in [0.4, 0.5) is 0 Å². The first-order valence-corrected chi connectivity index (χ1v) is 10.6. The number of benzene rings is 1. The van der Waals surface area contributed by atoms with E-state index in [0.29, 0.717) is 6.42 Å². The van der Waals surface area contributed by atoms with Crippen molar-refractivity contribution in [1.29, 1.82) is 0 Å². The fourth-order valence-electron chi connectivity index (χ4n) is 3.23. The van der Waals surface area contributed by atoms with Crippen LogP contribution in [0.5, 0.6) is 0 Å². The van der Waals surface area contributed by atoms with Crippen LogP contribution in [-0.4, -0.2) is 40.1 Å². The Morgan fingerprint density at radius 1 is 0.938 bits per heavy atom. The Morgan fingerprint density at radius 2 is 1.56 bits per heavy atom. The smallest absolute Gasteiger partial charge is 0.545 e. The molecule has 0 aliphatic carbocycles. The quantitative estimate of drug-likeness (QED) is 0.102. The van der Waals surface area contributed by atoms with Crippen molar-refractivity contribution in [3.05, 3.63) is 35.4 Å². The fourth-order valence-corrected chi connectivity index (χ4v) is 3.23. The molecule has 0 radical (unpaired) electrons. The van der Waals surface area contributed by atoms with E-state index >= 15 is 0 Å². The van der Waals surface area contributed by atoms with Crippen molar-refractivity contribution in [1.82, 2.24) is 10.8 Å². The summed E-state index contributed by atoms with van der Waals surface area (Å²) in [6, 6.07) is 5.74. The number of hydrogen-bond acceptors (Lipinski definition) is 6. The Kier molecular flexibility index (Phi) is 16.5. The van der Waals surface area contributed by atoms with Gasteiger partial charge in [0.05, 0.1) is 5.97 Å². The topological polar surface area (TPSA) is 156 Å². The number of carbonyl (C=O) groups is 4. The number of hydroxylamine groups is 1. The Balaban J connectivity index is 0.00000961. The van der Waals surface area contributed by atoms with Crippen molar-refractivity contribution in [3.63, 3.8) is 0 Å². The van der Waals surface area contributed by atoms with Gasteiger partial charge in [0.2, 0.25) is 5.91 Å². The molecule has 0 spiro atoms. The number of aliphatic carboxylic acids is 1. The first kappa shape index (κ1) is 30.1. The standard InChI is InChI=1S/C22H32N2O7.Na/c25-19(23-18(21(28)24-31)13-14-20(26)27)12-7-5-3-1-2-4-6-9-16-10-8-11-17(15-16)22(29)30;/h8,10-11,15,18,31H,1-7,9,12-14H2,(H,23,25)(H,24,28)(H,26,27)(H,29,30);/q;+1/p-1/t18-;/m1./s1. The number of hydrogen-bond donors (Lipinski definition) is 4. The maximum Gasteiger partial charge on any atom is 1.00 e. The maximum atomic E-state index is 11.9. The molecule has 0 heterocycles. The zero-order valence-corrected chi connectivity index (χ0v) is 20.6. The molecule has 10 heteroatoms. The van der Waals surface area contributed by atoms with Crippen LogP contribution in [0.25, 0.3) is 0 Å².